The molecule has 0 aromatic heterocycles. The molecule has 30 heavy (non-hydrogen) atoms. The van der Waals surface area contributed by atoms with Gasteiger partial charge in [-0.2, -0.15) is 0 Å². The first-order chi connectivity index (χ1) is 14.5. The highest BCUT2D eigenvalue weighted by Crippen LogP contribution is 2.46. The van der Waals surface area contributed by atoms with Crippen molar-refractivity contribution in [1.29, 1.82) is 0 Å². The van der Waals surface area contributed by atoms with E-state index >= 15 is 0 Å². The van der Waals surface area contributed by atoms with Crippen LogP contribution in [-0.4, -0.2) is 12.2 Å². The Bertz CT molecular complexity index is 866. The molecule has 1 heteroatoms. The van der Waals surface area contributed by atoms with Crippen LogP contribution in [0.2, 0.25) is 0 Å². The second-order valence-electron chi connectivity index (χ2n) is 9.68. The van der Waals surface area contributed by atoms with E-state index in [-0.39, 0.29) is 5.60 Å². The summed E-state index contributed by atoms with van der Waals surface area (Å²) >= 11 is 0. The van der Waals surface area contributed by atoms with Crippen LogP contribution < -0.4 is 0 Å². The largest absolute Gasteiger partial charge is 0.376 e. The molecule has 2 aromatic carbocycles. The molecule has 0 saturated heterocycles. The lowest BCUT2D eigenvalue weighted by Gasteiger charge is -2.19. The third-order valence-corrected chi connectivity index (χ3v) is 6.22. The van der Waals surface area contributed by atoms with Crippen molar-refractivity contribution in [2.75, 3.05) is 6.61 Å². The second-order valence-corrected chi connectivity index (χ2v) is 9.68. The normalized spacial score (nSPS) is 17.6. The molecule has 156 valence electrons. The van der Waals surface area contributed by atoms with Crippen LogP contribution in [0.5, 0.6) is 0 Å². The van der Waals surface area contributed by atoms with Crippen molar-refractivity contribution in [3.05, 3.63) is 83.5 Å². The molecule has 0 saturated carbocycles. The van der Waals surface area contributed by atoms with E-state index in [1.54, 1.807) is 0 Å². The maximum Gasteiger partial charge on any atom is 0.0598 e. The van der Waals surface area contributed by atoms with Gasteiger partial charge in [0.15, 0.2) is 0 Å². The maximum absolute atomic E-state index is 5.82. The zero-order valence-electron chi connectivity index (χ0n) is 18.7. The van der Waals surface area contributed by atoms with Gasteiger partial charge >= 0.3 is 0 Å². The molecule has 0 aliphatic heterocycles. The minimum absolute atomic E-state index is 0.0138. The fourth-order valence-electron chi connectivity index (χ4n) is 4.74. The quantitative estimate of drug-likeness (QED) is 0.394. The fourth-order valence-corrected chi connectivity index (χ4v) is 4.74. The number of hydrogen-bond donors (Lipinski definition) is 0. The van der Waals surface area contributed by atoms with Crippen molar-refractivity contribution >= 4 is 0 Å². The van der Waals surface area contributed by atoms with Gasteiger partial charge in [0, 0.05) is 18.1 Å². The van der Waals surface area contributed by atoms with Gasteiger partial charge < -0.3 is 4.74 Å². The Morgan fingerprint density at radius 1 is 0.967 bits per heavy atom. The molecule has 0 spiro atoms. The summed E-state index contributed by atoms with van der Waals surface area (Å²) in [5, 5.41) is 0. The van der Waals surface area contributed by atoms with Crippen LogP contribution in [-0.2, 0) is 4.74 Å². The summed E-state index contributed by atoms with van der Waals surface area (Å²) in [4.78, 5) is 0. The molecule has 0 amide bonds. The number of unbranched alkanes of at least 4 members (excludes halogenated alkanes) is 2. The highest BCUT2D eigenvalue weighted by molar-refractivity contribution is 5.77. The summed E-state index contributed by atoms with van der Waals surface area (Å²) in [6.45, 7) is 7.25. The number of allylic oxidation sites excluding steroid dienone is 4. The molecule has 0 heterocycles. The second kappa shape index (κ2) is 9.23. The Morgan fingerprint density at radius 2 is 1.83 bits per heavy atom. The lowest BCUT2D eigenvalue weighted by molar-refractivity contribution is -0.00469. The topological polar surface area (TPSA) is 9.23 Å². The third kappa shape index (κ3) is 5.05. The number of hydrogen-bond acceptors (Lipinski definition) is 1. The summed E-state index contributed by atoms with van der Waals surface area (Å²) in [5.74, 6) is 1.04. The van der Waals surface area contributed by atoms with Crippen LogP contribution in [0.4, 0.5) is 0 Å². The summed E-state index contributed by atoms with van der Waals surface area (Å²) < 4.78 is 5.82. The van der Waals surface area contributed by atoms with Crippen molar-refractivity contribution in [1.82, 2.24) is 0 Å². The van der Waals surface area contributed by atoms with Gasteiger partial charge in [0.25, 0.3) is 0 Å². The third-order valence-electron chi connectivity index (χ3n) is 6.22. The van der Waals surface area contributed by atoms with Crippen molar-refractivity contribution in [2.45, 2.75) is 70.8 Å². The van der Waals surface area contributed by atoms with Gasteiger partial charge in [-0.3, -0.25) is 0 Å². The predicted octanol–water partition coefficient (Wildman–Crippen LogP) is 7.67. The monoisotopic (exact) mass is 398 g/mol. The van der Waals surface area contributed by atoms with Gasteiger partial charge in [-0.05, 0) is 87.6 Å². The van der Waals surface area contributed by atoms with E-state index in [1.807, 2.05) is 6.07 Å². The van der Waals surface area contributed by atoms with Crippen LogP contribution in [0.3, 0.4) is 0 Å². The van der Waals surface area contributed by atoms with Crippen LogP contribution in [0.15, 0.2) is 60.2 Å². The highest BCUT2D eigenvalue weighted by Gasteiger charge is 2.28. The number of ether oxygens (including phenoxy) is 1. The molecule has 0 bridgehead atoms. The van der Waals surface area contributed by atoms with Gasteiger partial charge in [-0.1, -0.05) is 66.6 Å². The Balaban J connectivity index is 1.26. The lowest BCUT2D eigenvalue weighted by atomic mass is 9.89. The lowest BCUT2D eigenvalue weighted by Crippen LogP contribution is -2.19. The minimum atomic E-state index is -0.0138. The van der Waals surface area contributed by atoms with Crippen LogP contribution in [0.25, 0.3) is 11.1 Å². The van der Waals surface area contributed by atoms with Gasteiger partial charge in [0.2, 0.25) is 0 Å². The molecular weight excluding hydrogens is 364 g/mol. The summed E-state index contributed by atoms with van der Waals surface area (Å²) in [6.07, 6.45) is 14.5. The molecular formula is C29H34O. The average molecular weight is 399 g/mol. The van der Waals surface area contributed by atoms with Gasteiger partial charge in [0.1, 0.15) is 0 Å². The first-order valence-electron chi connectivity index (χ1n) is 11.6. The molecule has 1 nitrogen and oxygen atoms in total. The van der Waals surface area contributed by atoms with Crippen molar-refractivity contribution in [3.8, 4) is 11.1 Å². The van der Waals surface area contributed by atoms with E-state index in [4.69, 9.17) is 4.74 Å². The molecule has 2 unspecified atom stereocenters. The van der Waals surface area contributed by atoms with Crippen molar-refractivity contribution < 1.29 is 4.74 Å². The van der Waals surface area contributed by atoms with E-state index in [0.29, 0.717) is 11.8 Å². The Hall–Kier alpha value is -2.30. The van der Waals surface area contributed by atoms with Gasteiger partial charge in [-0.15, -0.1) is 0 Å². The molecule has 0 N–H and O–H groups in total. The maximum atomic E-state index is 5.82. The smallest absolute Gasteiger partial charge is 0.0598 e. The van der Waals surface area contributed by atoms with Crippen LogP contribution in [0, 0.1) is 18.1 Å². The minimum Gasteiger partial charge on any atom is -0.376 e. The standard InChI is InChI=1S/C29H34O/c1-29(2,3)30-20-10-4-5-11-22-16-17-23(21-22)18-19-28-26-14-8-6-12-24(26)25-13-7-9-15-27(25)28/h6-8,12-14,16-17,21,23,28H,4-5,10-11,18-20H2,1-3H3. The average Bonchev–Trinajstić information content (AvgIpc) is 3.31. The zero-order valence-corrected chi connectivity index (χ0v) is 18.7. The van der Waals surface area contributed by atoms with E-state index in [2.05, 4.69) is 81.5 Å². The van der Waals surface area contributed by atoms with E-state index in [1.165, 1.54) is 59.9 Å². The van der Waals surface area contributed by atoms with E-state index in [9.17, 15) is 0 Å². The molecule has 2 aliphatic carbocycles. The molecule has 2 aromatic rings. The zero-order chi connectivity index (χ0) is 21.0. The number of benzene rings is 1. The first-order valence-corrected chi connectivity index (χ1v) is 11.6. The van der Waals surface area contributed by atoms with Crippen LogP contribution in [0.1, 0.15) is 76.3 Å². The predicted molar refractivity (Wildman–Crippen MR) is 126 cm³/mol. The van der Waals surface area contributed by atoms with Gasteiger partial charge in [0.05, 0.1) is 5.60 Å². The number of rotatable bonds is 9. The first kappa shape index (κ1) is 21.0. The Kier molecular flexibility index (Phi) is 6.45. The van der Waals surface area contributed by atoms with E-state index in [0.717, 1.165) is 13.0 Å². The molecule has 4 rings (SSSR count). The van der Waals surface area contributed by atoms with Crippen molar-refractivity contribution in [3.63, 3.8) is 0 Å². The van der Waals surface area contributed by atoms with E-state index < -0.39 is 0 Å². The molecule has 2 aliphatic rings. The van der Waals surface area contributed by atoms with Crippen LogP contribution >= 0.6 is 0 Å². The Morgan fingerprint density at radius 3 is 2.70 bits per heavy atom. The summed E-state index contributed by atoms with van der Waals surface area (Å²) in [6, 6.07) is 19.6. The molecule has 0 radical (unpaired) electrons. The van der Waals surface area contributed by atoms with Gasteiger partial charge in [-0.25, -0.2) is 0 Å². The Labute approximate surface area is 182 Å². The molecule has 0 fully saturated rings. The highest BCUT2D eigenvalue weighted by atomic mass is 16.5. The molecule has 2 atom stereocenters. The SMILES string of the molecule is CC(C)(C)OCCCCCC1=CC(CCC2c3c#cccc3-c3ccccc32)C=C1. The van der Waals surface area contributed by atoms with Crippen molar-refractivity contribution in [2.24, 2.45) is 5.92 Å². The summed E-state index contributed by atoms with van der Waals surface area (Å²) in [7, 11) is 0. The number of fused-ring (bicyclic) bond motifs is 3. The fraction of sp³-hybridized carbons (Fsp3) is 0.448. The summed E-state index contributed by atoms with van der Waals surface area (Å²) in [5.41, 5.74) is 7.04.